The van der Waals surface area contributed by atoms with E-state index in [2.05, 4.69) is 17.2 Å². The van der Waals surface area contributed by atoms with Crippen molar-refractivity contribution in [2.75, 3.05) is 5.32 Å². The predicted molar refractivity (Wildman–Crippen MR) is 99.2 cm³/mol. The quantitative estimate of drug-likeness (QED) is 0.551. The number of rotatable bonds is 9. The van der Waals surface area contributed by atoms with Gasteiger partial charge in [-0.25, -0.2) is 4.98 Å². The Balaban J connectivity index is 1.75. The Morgan fingerprint density at radius 1 is 1.13 bits per heavy atom. The lowest BCUT2D eigenvalue weighted by Gasteiger charge is -2.02. The number of carbonyl (C=O) groups excluding carboxylic acids is 1. The van der Waals surface area contributed by atoms with Crippen molar-refractivity contribution in [3.8, 4) is 11.3 Å². The van der Waals surface area contributed by atoms with Gasteiger partial charge in [-0.3, -0.25) is 4.79 Å². The summed E-state index contributed by atoms with van der Waals surface area (Å²) in [6.07, 6.45) is 7.68. The van der Waals surface area contributed by atoms with Gasteiger partial charge in [-0.05, 0) is 18.6 Å². The van der Waals surface area contributed by atoms with Gasteiger partial charge >= 0.3 is 0 Å². The van der Waals surface area contributed by atoms with Crippen molar-refractivity contribution < 1.29 is 4.79 Å². The van der Waals surface area contributed by atoms with Crippen LogP contribution in [0.4, 0.5) is 5.13 Å². The van der Waals surface area contributed by atoms with E-state index in [4.69, 9.17) is 11.6 Å². The smallest absolute Gasteiger partial charge is 0.226 e. The summed E-state index contributed by atoms with van der Waals surface area (Å²) in [6, 6.07) is 7.54. The minimum Gasteiger partial charge on any atom is -0.302 e. The van der Waals surface area contributed by atoms with Gasteiger partial charge in [-0.1, -0.05) is 62.8 Å². The van der Waals surface area contributed by atoms with Crippen molar-refractivity contribution >= 4 is 34.0 Å². The van der Waals surface area contributed by atoms with Gasteiger partial charge in [0.1, 0.15) is 0 Å². The van der Waals surface area contributed by atoms with Gasteiger partial charge in [-0.2, -0.15) is 0 Å². The summed E-state index contributed by atoms with van der Waals surface area (Å²) >= 11 is 7.34. The maximum Gasteiger partial charge on any atom is 0.226 e. The fourth-order valence-electron chi connectivity index (χ4n) is 2.33. The second-order valence-corrected chi connectivity index (χ2v) is 6.91. The molecule has 0 aliphatic rings. The number of anilines is 1. The van der Waals surface area contributed by atoms with E-state index in [0.717, 1.165) is 24.1 Å². The number of halogens is 1. The number of amides is 1. The molecule has 0 atom stereocenters. The second-order valence-electron chi connectivity index (χ2n) is 5.61. The third-order valence-corrected chi connectivity index (χ3v) is 4.66. The molecular weight excluding hydrogens is 328 g/mol. The molecule has 1 amide bonds. The van der Waals surface area contributed by atoms with Crippen LogP contribution in [0.1, 0.15) is 51.9 Å². The number of unbranched alkanes of at least 4 members (excludes halogenated alkanes) is 5. The molecule has 0 aliphatic carbocycles. The summed E-state index contributed by atoms with van der Waals surface area (Å²) < 4.78 is 0. The molecule has 0 fully saturated rings. The predicted octanol–water partition coefficient (Wildman–Crippen LogP) is 6.15. The third-order valence-electron chi connectivity index (χ3n) is 3.65. The fourth-order valence-corrected chi connectivity index (χ4v) is 3.19. The van der Waals surface area contributed by atoms with Crippen LogP contribution in [-0.2, 0) is 4.79 Å². The van der Waals surface area contributed by atoms with Gasteiger partial charge in [0.05, 0.1) is 5.69 Å². The molecule has 124 valence electrons. The highest BCUT2D eigenvalue weighted by molar-refractivity contribution is 7.14. The highest BCUT2D eigenvalue weighted by Gasteiger charge is 2.08. The van der Waals surface area contributed by atoms with Crippen LogP contribution < -0.4 is 5.32 Å². The van der Waals surface area contributed by atoms with E-state index >= 15 is 0 Å². The summed E-state index contributed by atoms with van der Waals surface area (Å²) in [6.45, 7) is 2.21. The van der Waals surface area contributed by atoms with Crippen molar-refractivity contribution in [2.24, 2.45) is 0 Å². The van der Waals surface area contributed by atoms with E-state index in [-0.39, 0.29) is 5.91 Å². The fraction of sp³-hybridized carbons (Fsp3) is 0.444. The van der Waals surface area contributed by atoms with Gasteiger partial charge in [0.2, 0.25) is 5.91 Å². The van der Waals surface area contributed by atoms with E-state index in [1.165, 1.54) is 37.0 Å². The first kappa shape index (κ1) is 18.0. The molecule has 1 aromatic carbocycles. The molecule has 0 saturated carbocycles. The molecule has 0 saturated heterocycles. The van der Waals surface area contributed by atoms with Gasteiger partial charge in [0.15, 0.2) is 5.13 Å². The van der Waals surface area contributed by atoms with Crippen molar-refractivity contribution in [3.05, 3.63) is 34.7 Å². The lowest BCUT2D eigenvalue weighted by atomic mass is 10.1. The number of carbonyl (C=O) groups is 1. The van der Waals surface area contributed by atoms with Crippen molar-refractivity contribution in [3.63, 3.8) is 0 Å². The zero-order valence-electron chi connectivity index (χ0n) is 13.5. The topological polar surface area (TPSA) is 42.0 Å². The number of nitrogens with one attached hydrogen (secondary N) is 1. The van der Waals surface area contributed by atoms with Crippen LogP contribution in [0.15, 0.2) is 29.6 Å². The molecule has 0 spiro atoms. The monoisotopic (exact) mass is 350 g/mol. The molecule has 3 nitrogen and oxygen atoms in total. The van der Waals surface area contributed by atoms with Crippen LogP contribution in [0.3, 0.4) is 0 Å². The average Bonchev–Trinajstić information content (AvgIpc) is 3.00. The minimum absolute atomic E-state index is 0.0532. The Morgan fingerprint density at radius 2 is 1.83 bits per heavy atom. The molecule has 0 radical (unpaired) electrons. The number of thiazole rings is 1. The third kappa shape index (κ3) is 6.32. The molecule has 1 aromatic heterocycles. The number of hydrogen-bond donors (Lipinski definition) is 1. The van der Waals surface area contributed by atoms with Gasteiger partial charge in [0, 0.05) is 22.4 Å². The van der Waals surface area contributed by atoms with Gasteiger partial charge < -0.3 is 5.32 Å². The summed E-state index contributed by atoms with van der Waals surface area (Å²) in [5.41, 5.74) is 1.86. The number of aromatic nitrogens is 1. The normalized spacial score (nSPS) is 10.7. The van der Waals surface area contributed by atoms with Crippen LogP contribution in [0, 0.1) is 0 Å². The number of nitrogens with zero attached hydrogens (tertiary/aromatic N) is 1. The summed E-state index contributed by atoms with van der Waals surface area (Å²) in [5, 5.41) is 6.20. The molecule has 1 N–H and O–H groups in total. The molecule has 5 heteroatoms. The maximum atomic E-state index is 11.9. The first-order valence-electron chi connectivity index (χ1n) is 8.20. The number of hydrogen-bond acceptors (Lipinski definition) is 3. The summed E-state index contributed by atoms with van der Waals surface area (Å²) in [7, 11) is 0. The summed E-state index contributed by atoms with van der Waals surface area (Å²) in [4.78, 5) is 16.4. The molecule has 2 aromatic rings. The SMILES string of the molecule is CCCCCCCCC(=O)Nc1nc(-c2ccc(Cl)cc2)cs1. The highest BCUT2D eigenvalue weighted by atomic mass is 35.5. The molecule has 0 aliphatic heterocycles. The minimum atomic E-state index is 0.0532. The lowest BCUT2D eigenvalue weighted by molar-refractivity contribution is -0.116. The molecule has 0 bridgehead atoms. The highest BCUT2D eigenvalue weighted by Crippen LogP contribution is 2.26. The largest absolute Gasteiger partial charge is 0.302 e. The van der Waals surface area contributed by atoms with Crippen molar-refractivity contribution in [2.45, 2.75) is 51.9 Å². The summed E-state index contributed by atoms with van der Waals surface area (Å²) in [5.74, 6) is 0.0532. The van der Waals surface area contributed by atoms with Crippen LogP contribution in [0.2, 0.25) is 5.02 Å². The Labute approximate surface area is 147 Å². The average molecular weight is 351 g/mol. The first-order chi connectivity index (χ1) is 11.2. The lowest BCUT2D eigenvalue weighted by Crippen LogP contribution is -2.10. The zero-order chi connectivity index (χ0) is 16.5. The van der Waals surface area contributed by atoms with Gasteiger partial charge in [-0.15, -0.1) is 11.3 Å². The zero-order valence-corrected chi connectivity index (χ0v) is 15.1. The van der Waals surface area contributed by atoms with Crippen molar-refractivity contribution in [1.82, 2.24) is 4.98 Å². The Kier molecular flexibility index (Phi) is 7.56. The standard InChI is InChI=1S/C18H23ClN2OS/c1-2-3-4-5-6-7-8-17(22)21-18-20-16(13-23-18)14-9-11-15(19)12-10-14/h9-13H,2-8H2,1H3,(H,20,21,22). The van der Waals surface area contributed by atoms with Crippen LogP contribution in [0.5, 0.6) is 0 Å². The van der Waals surface area contributed by atoms with Gasteiger partial charge in [0.25, 0.3) is 0 Å². The van der Waals surface area contributed by atoms with E-state index in [1.54, 1.807) is 0 Å². The second kappa shape index (κ2) is 9.68. The molecule has 23 heavy (non-hydrogen) atoms. The van der Waals surface area contributed by atoms with E-state index < -0.39 is 0 Å². The first-order valence-corrected chi connectivity index (χ1v) is 9.46. The van der Waals surface area contributed by atoms with Crippen LogP contribution >= 0.6 is 22.9 Å². The number of benzene rings is 1. The van der Waals surface area contributed by atoms with E-state index in [9.17, 15) is 4.79 Å². The Bertz CT molecular complexity index is 610. The van der Waals surface area contributed by atoms with Crippen molar-refractivity contribution in [1.29, 1.82) is 0 Å². The van der Waals surface area contributed by atoms with Crippen LogP contribution in [0.25, 0.3) is 11.3 Å². The van der Waals surface area contributed by atoms with E-state index in [1.807, 2.05) is 29.6 Å². The Morgan fingerprint density at radius 3 is 2.57 bits per heavy atom. The maximum absolute atomic E-state index is 11.9. The van der Waals surface area contributed by atoms with Crippen LogP contribution in [-0.4, -0.2) is 10.9 Å². The molecule has 2 rings (SSSR count). The van der Waals surface area contributed by atoms with E-state index in [0.29, 0.717) is 16.6 Å². The Hall–Kier alpha value is -1.39. The molecule has 1 heterocycles. The molecular formula is C18H23ClN2OS. The molecule has 0 unspecified atom stereocenters.